The van der Waals surface area contributed by atoms with Gasteiger partial charge < -0.3 is 20.7 Å². The summed E-state index contributed by atoms with van der Waals surface area (Å²) in [7, 11) is 0. The third-order valence-corrected chi connectivity index (χ3v) is 6.17. The van der Waals surface area contributed by atoms with Crippen LogP contribution in [-0.4, -0.2) is 52.7 Å². The molecule has 2 saturated heterocycles. The lowest BCUT2D eigenvalue weighted by Gasteiger charge is -2.35. The topological polar surface area (TPSA) is 101 Å². The molecule has 3 N–H and O–H groups in total. The molecular formula is C23H32N6O2. The number of nitrogens with zero attached hydrogens (tertiary/aromatic N) is 3. The maximum atomic E-state index is 12.7. The number of piperidine rings is 1. The molecule has 0 aromatic carbocycles. The second-order valence-corrected chi connectivity index (χ2v) is 9.15. The summed E-state index contributed by atoms with van der Waals surface area (Å²) in [5.41, 5.74) is 1.71. The summed E-state index contributed by atoms with van der Waals surface area (Å²) in [4.78, 5) is 26.0. The predicted molar refractivity (Wildman–Crippen MR) is 121 cm³/mol. The van der Waals surface area contributed by atoms with E-state index in [9.17, 15) is 4.79 Å². The van der Waals surface area contributed by atoms with Crippen molar-refractivity contribution in [2.75, 3.05) is 36.9 Å². The Hall–Kier alpha value is -2.58. The Kier molecular flexibility index (Phi) is 6.77. The summed E-state index contributed by atoms with van der Waals surface area (Å²) in [6, 6.07) is 3.73. The number of pyridine rings is 1. The minimum Gasteiger partial charge on any atom is -0.381 e. The molecule has 1 amide bonds. The van der Waals surface area contributed by atoms with E-state index in [-0.39, 0.29) is 17.4 Å². The Morgan fingerprint density at radius 1 is 1.23 bits per heavy atom. The van der Waals surface area contributed by atoms with E-state index < -0.39 is 0 Å². The van der Waals surface area contributed by atoms with Gasteiger partial charge in [0.05, 0.1) is 24.0 Å². The number of anilines is 2. The molecule has 2 aliphatic heterocycles. The second kappa shape index (κ2) is 9.70. The van der Waals surface area contributed by atoms with Crippen LogP contribution in [-0.2, 0) is 9.53 Å². The van der Waals surface area contributed by atoms with E-state index in [0.717, 1.165) is 62.5 Å². The van der Waals surface area contributed by atoms with Crippen molar-refractivity contribution in [1.29, 1.82) is 0 Å². The summed E-state index contributed by atoms with van der Waals surface area (Å²) < 4.78 is 5.42. The molecule has 0 aliphatic carbocycles. The van der Waals surface area contributed by atoms with Gasteiger partial charge in [0, 0.05) is 43.6 Å². The molecule has 1 unspecified atom stereocenters. The highest BCUT2D eigenvalue weighted by molar-refractivity contribution is 5.92. The lowest BCUT2D eigenvalue weighted by molar-refractivity contribution is -0.120. The molecule has 8 nitrogen and oxygen atoms in total. The minimum atomic E-state index is -0.0454. The fraction of sp³-hybridized carbons (Fsp3) is 0.565. The largest absolute Gasteiger partial charge is 0.381 e. The molecule has 0 radical (unpaired) electrons. The normalized spacial score (nSPS) is 21.4. The highest BCUT2D eigenvalue weighted by atomic mass is 16.5. The van der Waals surface area contributed by atoms with Crippen molar-refractivity contribution in [2.45, 2.75) is 45.1 Å². The van der Waals surface area contributed by atoms with Gasteiger partial charge in [0.15, 0.2) is 0 Å². The third kappa shape index (κ3) is 5.98. The number of rotatable bonds is 6. The number of ether oxygens (including phenoxy) is 1. The lowest BCUT2D eigenvalue weighted by atomic mass is 9.86. The van der Waals surface area contributed by atoms with Gasteiger partial charge in [0.25, 0.3) is 0 Å². The van der Waals surface area contributed by atoms with Crippen LogP contribution >= 0.6 is 0 Å². The van der Waals surface area contributed by atoms with E-state index in [2.05, 4.69) is 39.8 Å². The fourth-order valence-electron chi connectivity index (χ4n) is 4.02. The van der Waals surface area contributed by atoms with E-state index in [1.54, 1.807) is 18.6 Å². The standard InChI is InChI=1S/C23H32N6O2/c1-23(2)7-3-18(13-27-23)22(30)29-20-11-17(4-8-25-20)19-14-24-15-21(28-19)26-12-16-5-9-31-10-6-16/h4,8,11,14-16,18,27H,3,5-7,9-10,12-13H2,1-2H3,(H,26,28)(H,25,29,30). The predicted octanol–water partition coefficient (Wildman–Crippen LogP) is 3.09. The Morgan fingerprint density at radius 3 is 2.84 bits per heavy atom. The Labute approximate surface area is 183 Å². The number of amides is 1. The van der Waals surface area contributed by atoms with Crippen molar-refractivity contribution < 1.29 is 9.53 Å². The molecule has 2 aromatic heterocycles. The molecule has 4 heterocycles. The monoisotopic (exact) mass is 424 g/mol. The first-order chi connectivity index (χ1) is 15.0. The Bertz CT molecular complexity index is 887. The van der Waals surface area contributed by atoms with Gasteiger partial charge in [-0.05, 0) is 57.6 Å². The number of hydrogen-bond donors (Lipinski definition) is 3. The van der Waals surface area contributed by atoms with Crippen LogP contribution in [0.2, 0.25) is 0 Å². The van der Waals surface area contributed by atoms with Crippen LogP contribution in [0, 0.1) is 11.8 Å². The van der Waals surface area contributed by atoms with Crippen molar-refractivity contribution in [3.63, 3.8) is 0 Å². The van der Waals surface area contributed by atoms with Crippen LogP contribution in [0.3, 0.4) is 0 Å². The third-order valence-electron chi connectivity index (χ3n) is 6.17. The van der Waals surface area contributed by atoms with Crippen molar-refractivity contribution in [1.82, 2.24) is 20.3 Å². The number of carbonyl (C=O) groups excluding carboxylic acids is 1. The smallest absolute Gasteiger partial charge is 0.229 e. The van der Waals surface area contributed by atoms with Crippen LogP contribution in [0.25, 0.3) is 11.3 Å². The fourth-order valence-corrected chi connectivity index (χ4v) is 4.02. The van der Waals surface area contributed by atoms with Crippen LogP contribution < -0.4 is 16.0 Å². The van der Waals surface area contributed by atoms with Gasteiger partial charge >= 0.3 is 0 Å². The molecule has 0 spiro atoms. The molecule has 1 atom stereocenters. The zero-order chi connectivity index (χ0) is 21.7. The van der Waals surface area contributed by atoms with Gasteiger partial charge in [-0.15, -0.1) is 0 Å². The van der Waals surface area contributed by atoms with Gasteiger partial charge in [-0.3, -0.25) is 9.78 Å². The maximum absolute atomic E-state index is 12.7. The zero-order valence-electron chi connectivity index (χ0n) is 18.4. The number of aromatic nitrogens is 3. The zero-order valence-corrected chi connectivity index (χ0v) is 18.4. The first-order valence-corrected chi connectivity index (χ1v) is 11.1. The van der Waals surface area contributed by atoms with Crippen molar-refractivity contribution in [3.8, 4) is 11.3 Å². The van der Waals surface area contributed by atoms with Crippen molar-refractivity contribution in [2.24, 2.45) is 11.8 Å². The SMILES string of the molecule is CC1(C)CCC(C(=O)Nc2cc(-c3cncc(NCC4CCOCC4)n3)ccn2)CN1. The summed E-state index contributed by atoms with van der Waals surface area (Å²) in [5, 5.41) is 9.81. The van der Waals surface area contributed by atoms with E-state index in [0.29, 0.717) is 18.3 Å². The highest BCUT2D eigenvalue weighted by Crippen LogP contribution is 2.24. The molecule has 0 saturated carbocycles. The van der Waals surface area contributed by atoms with Crippen molar-refractivity contribution >= 4 is 17.5 Å². The van der Waals surface area contributed by atoms with E-state index in [1.807, 2.05) is 12.1 Å². The Morgan fingerprint density at radius 2 is 2.06 bits per heavy atom. The summed E-state index contributed by atoms with van der Waals surface area (Å²) in [6.45, 7) is 7.55. The van der Waals surface area contributed by atoms with Gasteiger partial charge in [-0.25, -0.2) is 9.97 Å². The summed E-state index contributed by atoms with van der Waals surface area (Å²) in [6.07, 6.45) is 9.15. The van der Waals surface area contributed by atoms with Crippen LogP contribution in [0.15, 0.2) is 30.7 Å². The number of hydrogen-bond acceptors (Lipinski definition) is 7. The average Bonchev–Trinajstić information content (AvgIpc) is 2.79. The number of nitrogens with one attached hydrogen (secondary N) is 3. The first kappa shape index (κ1) is 21.6. The Balaban J connectivity index is 1.38. The van der Waals surface area contributed by atoms with Crippen LogP contribution in [0.1, 0.15) is 39.5 Å². The molecular weight excluding hydrogens is 392 g/mol. The molecule has 2 aliphatic rings. The quantitative estimate of drug-likeness (QED) is 0.655. The van der Waals surface area contributed by atoms with Crippen LogP contribution in [0.5, 0.6) is 0 Å². The molecule has 31 heavy (non-hydrogen) atoms. The van der Waals surface area contributed by atoms with Gasteiger partial charge in [0.2, 0.25) is 5.91 Å². The first-order valence-electron chi connectivity index (χ1n) is 11.1. The molecule has 4 rings (SSSR count). The molecule has 2 aromatic rings. The van der Waals surface area contributed by atoms with Gasteiger partial charge in [-0.1, -0.05) is 0 Å². The molecule has 166 valence electrons. The average molecular weight is 425 g/mol. The number of carbonyl (C=O) groups is 1. The van der Waals surface area contributed by atoms with E-state index in [4.69, 9.17) is 9.72 Å². The van der Waals surface area contributed by atoms with Crippen LogP contribution in [0.4, 0.5) is 11.6 Å². The summed E-state index contributed by atoms with van der Waals surface area (Å²) in [5.74, 6) is 1.85. The maximum Gasteiger partial charge on any atom is 0.229 e. The molecule has 2 fully saturated rings. The van der Waals surface area contributed by atoms with Gasteiger partial charge in [-0.2, -0.15) is 0 Å². The minimum absolute atomic E-state index is 0.00520. The summed E-state index contributed by atoms with van der Waals surface area (Å²) >= 11 is 0. The van der Waals surface area contributed by atoms with Crippen molar-refractivity contribution in [3.05, 3.63) is 30.7 Å². The second-order valence-electron chi connectivity index (χ2n) is 9.15. The van der Waals surface area contributed by atoms with Gasteiger partial charge in [0.1, 0.15) is 11.6 Å². The van der Waals surface area contributed by atoms with E-state index >= 15 is 0 Å². The highest BCUT2D eigenvalue weighted by Gasteiger charge is 2.30. The van der Waals surface area contributed by atoms with E-state index in [1.165, 1.54) is 0 Å². The molecule has 0 bridgehead atoms. The molecule has 8 heteroatoms. The lowest BCUT2D eigenvalue weighted by Crippen LogP contribution is -2.49.